The Bertz CT molecular complexity index is 1040. The van der Waals surface area contributed by atoms with E-state index in [2.05, 4.69) is 9.82 Å². The number of hydrogen-bond donors (Lipinski definition) is 1. The van der Waals surface area contributed by atoms with Gasteiger partial charge in [-0.2, -0.15) is 5.10 Å². The molecule has 0 spiro atoms. The van der Waals surface area contributed by atoms with Gasteiger partial charge in [-0.25, -0.2) is 8.42 Å². The number of nitrogens with one attached hydrogen (secondary N) is 1. The van der Waals surface area contributed by atoms with Crippen LogP contribution in [0.4, 0.5) is 5.69 Å². The van der Waals surface area contributed by atoms with Gasteiger partial charge in [-0.15, -0.1) is 0 Å². The van der Waals surface area contributed by atoms with Crippen LogP contribution < -0.4 is 9.46 Å². The predicted octanol–water partition coefficient (Wildman–Crippen LogP) is 4.67. The number of rotatable bonds is 6. The van der Waals surface area contributed by atoms with Gasteiger partial charge in [-0.1, -0.05) is 24.3 Å². The lowest BCUT2D eigenvalue weighted by Gasteiger charge is -2.12. The molecule has 0 aliphatic rings. The summed E-state index contributed by atoms with van der Waals surface area (Å²) in [6, 6.07) is 16.3. The van der Waals surface area contributed by atoms with Crippen LogP contribution in [0.15, 0.2) is 59.5 Å². The number of sulfonamides is 1. The molecule has 1 heterocycles. The number of aryl methyl sites for hydroxylation is 1. The van der Waals surface area contributed by atoms with Crippen LogP contribution in [0.2, 0.25) is 0 Å². The van der Waals surface area contributed by atoms with Gasteiger partial charge >= 0.3 is 0 Å². The van der Waals surface area contributed by atoms with Crippen LogP contribution in [0.1, 0.15) is 31.3 Å². The summed E-state index contributed by atoms with van der Waals surface area (Å²) in [4.78, 5) is 0.214. The number of nitrogens with zero attached hydrogens (tertiary/aromatic N) is 2. The SMILES string of the molecule is Cc1nn(C(C)C)c(C)c1S(=O)(=O)Nc1cccc(Oc2ccccc2)c1. The van der Waals surface area contributed by atoms with E-state index in [1.165, 1.54) is 0 Å². The maximum atomic E-state index is 12.9. The predicted molar refractivity (Wildman–Crippen MR) is 106 cm³/mol. The van der Waals surface area contributed by atoms with Gasteiger partial charge in [-0.05, 0) is 52.0 Å². The zero-order valence-corrected chi connectivity index (χ0v) is 16.6. The monoisotopic (exact) mass is 385 g/mol. The number of para-hydroxylation sites is 1. The molecule has 0 unspecified atom stereocenters. The van der Waals surface area contributed by atoms with Crippen molar-refractivity contribution in [2.24, 2.45) is 0 Å². The van der Waals surface area contributed by atoms with Crippen molar-refractivity contribution in [1.29, 1.82) is 0 Å². The van der Waals surface area contributed by atoms with Gasteiger partial charge in [0.2, 0.25) is 0 Å². The minimum atomic E-state index is -3.77. The molecule has 0 bridgehead atoms. The van der Waals surface area contributed by atoms with E-state index in [4.69, 9.17) is 4.74 Å². The van der Waals surface area contributed by atoms with E-state index in [0.717, 1.165) is 0 Å². The van der Waals surface area contributed by atoms with E-state index < -0.39 is 10.0 Å². The molecule has 0 radical (unpaired) electrons. The molecule has 3 rings (SSSR count). The van der Waals surface area contributed by atoms with Crippen LogP contribution in [0.3, 0.4) is 0 Å². The third-order valence-electron chi connectivity index (χ3n) is 4.08. The quantitative estimate of drug-likeness (QED) is 0.669. The highest BCUT2D eigenvalue weighted by atomic mass is 32.2. The highest BCUT2D eigenvalue weighted by Gasteiger charge is 2.25. The van der Waals surface area contributed by atoms with E-state index >= 15 is 0 Å². The van der Waals surface area contributed by atoms with Crippen molar-refractivity contribution in [3.63, 3.8) is 0 Å². The molecule has 7 heteroatoms. The molecule has 27 heavy (non-hydrogen) atoms. The van der Waals surface area contributed by atoms with Gasteiger partial charge in [0.15, 0.2) is 0 Å². The van der Waals surface area contributed by atoms with Crippen molar-refractivity contribution < 1.29 is 13.2 Å². The van der Waals surface area contributed by atoms with Gasteiger partial charge in [0, 0.05) is 12.1 Å². The van der Waals surface area contributed by atoms with Gasteiger partial charge in [0.1, 0.15) is 16.4 Å². The minimum Gasteiger partial charge on any atom is -0.457 e. The third kappa shape index (κ3) is 4.14. The fourth-order valence-electron chi connectivity index (χ4n) is 2.99. The lowest BCUT2D eigenvalue weighted by Crippen LogP contribution is -2.15. The van der Waals surface area contributed by atoms with Crippen molar-refractivity contribution in [3.8, 4) is 11.5 Å². The average molecular weight is 385 g/mol. The van der Waals surface area contributed by atoms with Crippen molar-refractivity contribution in [2.75, 3.05) is 4.72 Å². The van der Waals surface area contributed by atoms with Crippen LogP contribution in [-0.2, 0) is 10.0 Å². The van der Waals surface area contributed by atoms with Gasteiger partial charge in [0.25, 0.3) is 10.0 Å². The zero-order chi connectivity index (χ0) is 19.6. The van der Waals surface area contributed by atoms with E-state index in [0.29, 0.717) is 28.6 Å². The summed E-state index contributed by atoms with van der Waals surface area (Å²) in [5.74, 6) is 1.23. The molecular formula is C20H23N3O3S. The van der Waals surface area contributed by atoms with Gasteiger partial charge in [0.05, 0.1) is 17.1 Å². The molecule has 0 saturated heterocycles. The van der Waals surface area contributed by atoms with Crippen LogP contribution in [0, 0.1) is 13.8 Å². The maximum absolute atomic E-state index is 12.9. The Labute approximate surface area is 159 Å². The Balaban J connectivity index is 1.88. The topological polar surface area (TPSA) is 73.2 Å². The summed E-state index contributed by atoms with van der Waals surface area (Å²) in [6.45, 7) is 7.40. The molecule has 0 atom stereocenters. The molecule has 0 aliphatic heterocycles. The smallest absolute Gasteiger partial charge is 0.265 e. The number of hydrogen-bond acceptors (Lipinski definition) is 4. The fourth-order valence-corrected chi connectivity index (χ4v) is 4.44. The largest absolute Gasteiger partial charge is 0.457 e. The Morgan fingerprint density at radius 1 is 1.00 bits per heavy atom. The summed E-state index contributed by atoms with van der Waals surface area (Å²) in [5.41, 5.74) is 1.52. The third-order valence-corrected chi connectivity index (χ3v) is 5.71. The maximum Gasteiger partial charge on any atom is 0.265 e. The average Bonchev–Trinajstić information content (AvgIpc) is 2.91. The molecule has 0 fully saturated rings. The summed E-state index contributed by atoms with van der Waals surface area (Å²) < 4.78 is 36.0. The van der Waals surface area contributed by atoms with Crippen molar-refractivity contribution in [3.05, 3.63) is 66.0 Å². The molecule has 3 aromatic rings. The van der Waals surface area contributed by atoms with E-state index in [9.17, 15) is 8.42 Å². The Kier molecular flexibility index (Phi) is 5.23. The Hall–Kier alpha value is -2.80. The molecule has 142 valence electrons. The highest BCUT2D eigenvalue weighted by Crippen LogP contribution is 2.27. The number of ether oxygens (including phenoxy) is 1. The Morgan fingerprint density at radius 2 is 1.67 bits per heavy atom. The molecule has 2 aromatic carbocycles. The molecule has 1 N–H and O–H groups in total. The zero-order valence-electron chi connectivity index (χ0n) is 15.8. The summed E-state index contributed by atoms with van der Waals surface area (Å²) >= 11 is 0. The first-order valence-corrected chi connectivity index (χ1v) is 10.2. The summed E-state index contributed by atoms with van der Waals surface area (Å²) in [6.07, 6.45) is 0. The molecule has 6 nitrogen and oxygen atoms in total. The van der Waals surface area contributed by atoms with Gasteiger partial charge in [-0.3, -0.25) is 9.40 Å². The minimum absolute atomic E-state index is 0.0789. The van der Waals surface area contributed by atoms with E-state index in [1.54, 1.807) is 42.8 Å². The normalized spacial score (nSPS) is 11.6. The molecule has 0 amide bonds. The van der Waals surface area contributed by atoms with Crippen LogP contribution in [-0.4, -0.2) is 18.2 Å². The van der Waals surface area contributed by atoms with Crippen LogP contribution in [0.25, 0.3) is 0 Å². The standard InChI is InChI=1S/C20H23N3O3S/c1-14(2)23-16(4)20(15(3)21-23)27(24,25)22-17-9-8-12-19(13-17)26-18-10-6-5-7-11-18/h5-14,22H,1-4H3. The first kappa shape index (κ1) is 19.0. The summed E-state index contributed by atoms with van der Waals surface area (Å²) in [5, 5.41) is 4.36. The first-order valence-electron chi connectivity index (χ1n) is 8.69. The van der Waals surface area contributed by atoms with Crippen molar-refractivity contribution >= 4 is 15.7 Å². The van der Waals surface area contributed by atoms with Gasteiger partial charge < -0.3 is 4.74 Å². The second kappa shape index (κ2) is 7.44. The number of aromatic nitrogens is 2. The van der Waals surface area contributed by atoms with Crippen LogP contribution in [0.5, 0.6) is 11.5 Å². The molecular weight excluding hydrogens is 362 g/mol. The fraction of sp³-hybridized carbons (Fsp3) is 0.250. The second-order valence-corrected chi connectivity index (χ2v) is 8.21. The number of benzene rings is 2. The number of anilines is 1. The van der Waals surface area contributed by atoms with Crippen molar-refractivity contribution in [1.82, 2.24) is 9.78 Å². The van der Waals surface area contributed by atoms with Crippen molar-refractivity contribution in [2.45, 2.75) is 38.6 Å². The van der Waals surface area contributed by atoms with E-state index in [-0.39, 0.29) is 10.9 Å². The Morgan fingerprint density at radius 3 is 2.30 bits per heavy atom. The molecule has 1 aromatic heterocycles. The lowest BCUT2D eigenvalue weighted by molar-refractivity contribution is 0.483. The summed E-state index contributed by atoms with van der Waals surface area (Å²) in [7, 11) is -3.77. The van der Waals surface area contributed by atoms with Crippen LogP contribution >= 0.6 is 0 Å². The second-order valence-electron chi connectivity index (χ2n) is 6.59. The lowest BCUT2D eigenvalue weighted by atomic mass is 10.3. The molecule has 0 aliphatic carbocycles. The van der Waals surface area contributed by atoms with E-state index in [1.807, 2.05) is 44.2 Å². The molecule has 0 saturated carbocycles. The highest BCUT2D eigenvalue weighted by molar-refractivity contribution is 7.92. The first-order chi connectivity index (χ1) is 12.8.